The summed E-state index contributed by atoms with van der Waals surface area (Å²) in [5.41, 5.74) is -5.32. The third-order valence-corrected chi connectivity index (χ3v) is 3.61. The second-order valence-corrected chi connectivity index (χ2v) is 5.12. The van der Waals surface area contributed by atoms with E-state index in [9.17, 15) is 31.4 Å². The Morgan fingerprint density at radius 2 is 1.84 bits per heavy atom. The molecular weight excluding hydrogens is 352 g/mol. The van der Waals surface area contributed by atoms with Gasteiger partial charge in [0, 0.05) is 5.57 Å². The average Bonchev–Trinajstić information content (AvgIpc) is 2.93. The van der Waals surface area contributed by atoms with Crippen molar-refractivity contribution in [2.24, 2.45) is 0 Å². The number of alkyl halides is 6. The van der Waals surface area contributed by atoms with Gasteiger partial charge in [-0.25, -0.2) is 4.98 Å². The molecule has 132 valence electrons. The molecule has 0 aliphatic heterocycles. The molecule has 1 unspecified atom stereocenters. The first-order valence-corrected chi connectivity index (χ1v) is 6.54. The molecule has 1 aromatic carbocycles. The minimum Gasteiger partial charge on any atom is -0.370 e. The summed E-state index contributed by atoms with van der Waals surface area (Å²) in [6, 6.07) is 2.48. The van der Waals surface area contributed by atoms with Crippen molar-refractivity contribution in [2.45, 2.75) is 24.9 Å². The molecule has 10 heteroatoms. The second kappa shape index (κ2) is 5.65. The summed E-state index contributed by atoms with van der Waals surface area (Å²) in [6.45, 7) is 3.94. The van der Waals surface area contributed by atoms with Gasteiger partial charge in [-0.1, -0.05) is 6.58 Å². The number of fused-ring (bicyclic) bond motifs is 1. The maximum Gasteiger partial charge on any atom is 0.429 e. The van der Waals surface area contributed by atoms with Crippen LogP contribution in [0.1, 0.15) is 23.9 Å². The van der Waals surface area contributed by atoms with E-state index in [0.29, 0.717) is 12.1 Å². The van der Waals surface area contributed by atoms with Gasteiger partial charge in [0.05, 0.1) is 28.2 Å². The van der Waals surface area contributed by atoms with Gasteiger partial charge in [0.2, 0.25) is 5.60 Å². The van der Waals surface area contributed by atoms with E-state index in [-0.39, 0.29) is 5.52 Å². The molecule has 0 fully saturated rings. The van der Waals surface area contributed by atoms with Gasteiger partial charge in [-0.2, -0.15) is 31.6 Å². The van der Waals surface area contributed by atoms with Crippen LogP contribution in [0.3, 0.4) is 0 Å². The molecule has 1 heterocycles. The maximum absolute atomic E-state index is 13.3. The number of nitrogens with one attached hydrogen (secondary N) is 1. The van der Waals surface area contributed by atoms with Crippen LogP contribution in [0.2, 0.25) is 0 Å². The number of nitrogens with zero attached hydrogens (tertiary/aromatic N) is 2. The highest BCUT2D eigenvalue weighted by Gasteiger charge is 2.58. The fraction of sp³-hybridized carbons (Fsp3) is 0.267. The number of rotatable bonds is 2. The molecule has 2 N–H and O–H groups in total. The van der Waals surface area contributed by atoms with Crippen molar-refractivity contribution < 1.29 is 31.4 Å². The van der Waals surface area contributed by atoms with E-state index in [1.165, 1.54) is 6.07 Å². The van der Waals surface area contributed by atoms with E-state index in [2.05, 4.69) is 11.6 Å². The van der Waals surface area contributed by atoms with Gasteiger partial charge in [0.1, 0.15) is 0 Å². The molecule has 0 bridgehead atoms. The zero-order valence-corrected chi connectivity index (χ0v) is 12.5. The van der Waals surface area contributed by atoms with Gasteiger partial charge in [-0.3, -0.25) is 0 Å². The number of aromatic nitrogens is 2. The van der Waals surface area contributed by atoms with Gasteiger partial charge >= 0.3 is 12.4 Å². The van der Waals surface area contributed by atoms with Crippen LogP contribution in [0.15, 0.2) is 30.0 Å². The molecule has 2 rings (SSSR count). The highest BCUT2D eigenvalue weighted by atomic mass is 19.4. The molecule has 0 amide bonds. The predicted octanol–water partition coefficient (Wildman–Crippen LogP) is 3.93. The first-order chi connectivity index (χ1) is 11.4. The predicted molar refractivity (Wildman–Crippen MR) is 74.1 cm³/mol. The highest BCUT2D eigenvalue weighted by molar-refractivity contribution is 5.79. The number of nitriles is 1. The largest absolute Gasteiger partial charge is 0.429 e. The Labute approximate surface area is 136 Å². The molecule has 2 aromatic rings. The lowest BCUT2D eigenvalue weighted by Gasteiger charge is -2.28. The molecule has 0 aliphatic rings. The van der Waals surface area contributed by atoms with Crippen molar-refractivity contribution in [1.29, 1.82) is 5.26 Å². The Bertz CT molecular complexity index is 928. The third-order valence-electron chi connectivity index (χ3n) is 3.61. The topological polar surface area (TPSA) is 72.7 Å². The minimum atomic E-state index is -5.24. The molecule has 0 radical (unpaired) electrons. The molecule has 4 nitrogen and oxygen atoms in total. The normalized spacial score (nSPS) is 14.7. The Kier molecular flexibility index (Phi) is 4.20. The Morgan fingerprint density at radius 1 is 1.24 bits per heavy atom. The molecule has 25 heavy (non-hydrogen) atoms. The summed E-state index contributed by atoms with van der Waals surface area (Å²) in [5, 5.41) is 18.9. The molecule has 0 saturated heterocycles. The van der Waals surface area contributed by atoms with Crippen molar-refractivity contribution in [1.82, 2.24) is 9.97 Å². The van der Waals surface area contributed by atoms with Crippen molar-refractivity contribution in [2.75, 3.05) is 0 Å². The fourth-order valence-corrected chi connectivity index (χ4v) is 2.21. The van der Waals surface area contributed by atoms with Crippen LogP contribution in [0.4, 0.5) is 26.3 Å². The number of hydrogen-bond acceptors (Lipinski definition) is 3. The standard InChI is InChI=1S/C15H9F6N3O/c1-3-7(2)13(25,15(19,20)21)12-23-10-4-8(6-22)9(14(16,17)18)5-11(10)24-12/h4-5,25H,1H2,2H3,(H,23,24). The van der Waals surface area contributed by atoms with Crippen molar-refractivity contribution in [3.8, 4) is 6.07 Å². The minimum absolute atomic E-state index is 0.334. The Hall–Kier alpha value is -2.76. The number of hydrogen-bond donors (Lipinski definition) is 2. The Balaban J connectivity index is 2.82. The lowest BCUT2D eigenvalue weighted by Crippen LogP contribution is -2.44. The number of imidazole rings is 1. The summed E-state index contributed by atoms with van der Waals surface area (Å²) in [6.07, 6.45) is -10.1. The molecule has 0 saturated carbocycles. The van der Waals surface area contributed by atoms with E-state index in [0.717, 1.165) is 6.92 Å². The van der Waals surface area contributed by atoms with Crippen molar-refractivity contribution >= 4 is 11.0 Å². The monoisotopic (exact) mass is 361 g/mol. The maximum atomic E-state index is 13.3. The number of halogens is 6. The van der Waals surface area contributed by atoms with E-state index in [1.54, 1.807) is 0 Å². The summed E-state index contributed by atoms with van der Waals surface area (Å²) in [4.78, 5) is 5.56. The van der Waals surface area contributed by atoms with Crippen LogP contribution in [0.25, 0.3) is 11.0 Å². The molecule has 1 atom stereocenters. The number of benzene rings is 1. The van der Waals surface area contributed by atoms with Crippen LogP contribution in [-0.2, 0) is 11.8 Å². The number of aromatic amines is 1. The first kappa shape index (κ1) is 18.6. The van der Waals surface area contributed by atoms with Crippen molar-refractivity contribution in [3.05, 3.63) is 47.0 Å². The van der Waals surface area contributed by atoms with E-state index in [1.807, 2.05) is 10.7 Å². The van der Waals surface area contributed by atoms with Gasteiger partial charge in [0.15, 0.2) is 5.82 Å². The van der Waals surface area contributed by atoms with Crippen LogP contribution >= 0.6 is 0 Å². The zero-order valence-electron chi connectivity index (χ0n) is 12.5. The molecule has 0 spiro atoms. The van der Waals surface area contributed by atoms with Crippen LogP contribution < -0.4 is 0 Å². The second-order valence-electron chi connectivity index (χ2n) is 5.12. The van der Waals surface area contributed by atoms with E-state index in [4.69, 9.17) is 5.26 Å². The van der Waals surface area contributed by atoms with Gasteiger partial charge in [0.25, 0.3) is 0 Å². The van der Waals surface area contributed by atoms with E-state index < -0.39 is 46.0 Å². The summed E-state index contributed by atoms with van der Waals surface area (Å²) < 4.78 is 78.8. The summed E-state index contributed by atoms with van der Waals surface area (Å²) >= 11 is 0. The quantitative estimate of drug-likeness (QED) is 0.629. The molecular formula is C15H9F6N3O. The Morgan fingerprint density at radius 3 is 2.28 bits per heavy atom. The van der Waals surface area contributed by atoms with E-state index >= 15 is 0 Å². The molecule has 0 aliphatic carbocycles. The smallest absolute Gasteiger partial charge is 0.370 e. The van der Waals surface area contributed by atoms with Crippen LogP contribution in [-0.4, -0.2) is 21.3 Å². The van der Waals surface area contributed by atoms with Crippen molar-refractivity contribution in [3.63, 3.8) is 0 Å². The SMILES string of the molecule is C=C=C(C)C(O)(c1nc2cc(C#N)c(C(F)(F)F)cc2[nH]1)C(F)(F)F. The lowest BCUT2D eigenvalue weighted by molar-refractivity contribution is -0.252. The third kappa shape index (κ3) is 2.88. The summed E-state index contributed by atoms with van der Waals surface area (Å²) in [5.74, 6) is -1.05. The van der Waals surface area contributed by atoms with Gasteiger partial charge in [-0.15, -0.1) is 5.73 Å². The molecule has 1 aromatic heterocycles. The van der Waals surface area contributed by atoms with Gasteiger partial charge < -0.3 is 10.1 Å². The van der Waals surface area contributed by atoms with Crippen LogP contribution in [0.5, 0.6) is 0 Å². The number of H-pyrrole nitrogens is 1. The fourth-order valence-electron chi connectivity index (χ4n) is 2.21. The number of aliphatic hydroxyl groups is 1. The summed E-state index contributed by atoms with van der Waals surface area (Å²) in [7, 11) is 0. The zero-order chi connectivity index (χ0) is 19.2. The lowest BCUT2D eigenvalue weighted by atomic mass is 9.94. The first-order valence-electron chi connectivity index (χ1n) is 6.54. The van der Waals surface area contributed by atoms with Gasteiger partial charge in [-0.05, 0) is 19.1 Å². The average molecular weight is 361 g/mol. The highest BCUT2D eigenvalue weighted by Crippen LogP contribution is 2.43. The van der Waals surface area contributed by atoms with Crippen LogP contribution in [0, 0.1) is 11.3 Å².